The third kappa shape index (κ3) is 0.915. The predicted molar refractivity (Wildman–Crippen MR) is 34.3 cm³/mol. The lowest BCUT2D eigenvalue weighted by molar-refractivity contribution is 0.902. The number of hydrogen-bond donors (Lipinski definition) is 0. The molecule has 0 aromatic heterocycles. The number of allylic oxidation sites excluding steroid dienone is 4. The van der Waals surface area contributed by atoms with Crippen molar-refractivity contribution in [2.75, 3.05) is 0 Å². The maximum atomic E-state index is 4.23. The first-order valence-corrected chi connectivity index (χ1v) is 2.92. The highest BCUT2D eigenvalue weighted by atomic mass is 14.9. The average Bonchev–Trinajstić information content (AvgIpc) is 2.14. The van der Waals surface area contributed by atoms with Crippen molar-refractivity contribution >= 4 is 0 Å². The molecule has 0 saturated carbocycles. The molecule has 1 radical (unpaired) electrons. The zero-order chi connectivity index (χ0) is 5.98. The Morgan fingerprint density at radius 1 is 1.50 bits per heavy atom. The largest absolute Gasteiger partial charge is 0.258 e. The van der Waals surface area contributed by atoms with Crippen LogP contribution < -0.4 is 5.32 Å². The predicted octanol–water partition coefficient (Wildman–Crippen LogP) is 1.80. The highest BCUT2D eigenvalue weighted by molar-refractivity contribution is 5.24. The summed E-state index contributed by atoms with van der Waals surface area (Å²) >= 11 is 0. The summed E-state index contributed by atoms with van der Waals surface area (Å²) in [6, 6.07) is 0. The van der Waals surface area contributed by atoms with E-state index in [1.165, 1.54) is 5.70 Å². The van der Waals surface area contributed by atoms with Gasteiger partial charge in [-0.15, -0.1) is 0 Å². The maximum absolute atomic E-state index is 4.23. The molecule has 0 aliphatic carbocycles. The molecule has 1 aliphatic heterocycles. The molecule has 43 valence electrons. The molecule has 0 fully saturated rings. The van der Waals surface area contributed by atoms with Crippen molar-refractivity contribution in [1.82, 2.24) is 5.32 Å². The summed E-state index contributed by atoms with van der Waals surface area (Å²) in [5, 5.41) is 4.23. The van der Waals surface area contributed by atoms with Crippen molar-refractivity contribution in [2.45, 2.75) is 20.3 Å². The van der Waals surface area contributed by atoms with Crippen LogP contribution in [0.3, 0.4) is 0 Å². The van der Waals surface area contributed by atoms with Gasteiger partial charge in [-0.3, -0.25) is 5.32 Å². The molecule has 1 rings (SSSR count). The maximum Gasteiger partial charge on any atom is 0.0404 e. The van der Waals surface area contributed by atoms with Crippen LogP contribution >= 0.6 is 0 Å². The van der Waals surface area contributed by atoms with Gasteiger partial charge in [-0.05, 0) is 25.5 Å². The molecule has 0 amide bonds. The van der Waals surface area contributed by atoms with E-state index in [-0.39, 0.29) is 0 Å². The summed E-state index contributed by atoms with van der Waals surface area (Å²) in [5.74, 6) is 0. The Labute approximate surface area is 50.1 Å². The van der Waals surface area contributed by atoms with Crippen molar-refractivity contribution in [1.29, 1.82) is 0 Å². The van der Waals surface area contributed by atoms with Gasteiger partial charge in [-0.2, -0.15) is 0 Å². The van der Waals surface area contributed by atoms with Gasteiger partial charge in [0, 0.05) is 11.4 Å². The smallest absolute Gasteiger partial charge is 0.0404 e. The second kappa shape index (κ2) is 2.03. The van der Waals surface area contributed by atoms with E-state index in [0.717, 1.165) is 12.1 Å². The molecule has 0 aromatic carbocycles. The van der Waals surface area contributed by atoms with Gasteiger partial charge in [0.15, 0.2) is 0 Å². The van der Waals surface area contributed by atoms with E-state index in [0.29, 0.717) is 0 Å². The Morgan fingerprint density at radius 3 is 2.50 bits per heavy atom. The van der Waals surface area contributed by atoms with Gasteiger partial charge in [0.25, 0.3) is 0 Å². The first kappa shape index (κ1) is 5.42. The highest BCUT2D eigenvalue weighted by Crippen LogP contribution is 2.09. The zero-order valence-corrected chi connectivity index (χ0v) is 5.31. The van der Waals surface area contributed by atoms with Crippen LogP contribution in [0.5, 0.6) is 0 Å². The summed E-state index contributed by atoms with van der Waals surface area (Å²) < 4.78 is 0. The third-order valence-corrected chi connectivity index (χ3v) is 1.20. The van der Waals surface area contributed by atoms with Crippen molar-refractivity contribution in [2.24, 2.45) is 0 Å². The van der Waals surface area contributed by atoms with Crippen LogP contribution in [0.15, 0.2) is 23.5 Å². The molecule has 0 unspecified atom stereocenters. The molecule has 0 atom stereocenters. The minimum atomic E-state index is 1.05. The molecule has 1 heterocycles. The zero-order valence-electron chi connectivity index (χ0n) is 5.31. The fraction of sp³-hybridized carbons (Fsp3) is 0.429. The van der Waals surface area contributed by atoms with Crippen LogP contribution in [0.25, 0.3) is 0 Å². The van der Waals surface area contributed by atoms with E-state index < -0.39 is 0 Å². The third-order valence-electron chi connectivity index (χ3n) is 1.20. The summed E-state index contributed by atoms with van der Waals surface area (Å²) in [4.78, 5) is 0. The van der Waals surface area contributed by atoms with Gasteiger partial charge >= 0.3 is 0 Å². The topological polar surface area (TPSA) is 14.1 Å². The van der Waals surface area contributed by atoms with Crippen LogP contribution in [-0.2, 0) is 0 Å². The average molecular weight is 108 g/mol. The summed E-state index contributed by atoms with van der Waals surface area (Å²) in [7, 11) is 0. The van der Waals surface area contributed by atoms with Gasteiger partial charge in [0.1, 0.15) is 0 Å². The quantitative estimate of drug-likeness (QED) is 0.486. The van der Waals surface area contributed by atoms with Crippen molar-refractivity contribution in [3.8, 4) is 0 Å². The van der Waals surface area contributed by atoms with Crippen LogP contribution in [0, 0.1) is 0 Å². The molecule has 1 heteroatoms. The number of rotatable bonds is 1. The Hall–Kier alpha value is -0.720. The van der Waals surface area contributed by atoms with Gasteiger partial charge in [-0.1, -0.05) is 6.92 Å². The van der Waals surface area contributed by atoms with Gasteiger partial charge < -0.3 is 0 Å². The van der Waals surface area contributed by atoms with Crippen LogP contribution in [-0.4, -0.2) is 0 Å². The van der Waals surface area contributed by atoms with Crippen molar-refractivity contribution < 1.29 is 0 Å². The monoisotopic (exact) mass is 108 g/mol. The van der Waals surface area contributed by atoms with E-state index in [4.69, 9.17) is 0 Å². The van der Waals surface area contributed by atoms with Crippen LogP contribution in [0.1, 0.15) is 20.3 Å². The summed E-state index contributed by atoms with van der Waals surface area (Å²) in [5.41, 5.74) is 2.32. The Bertz CT molecular complexity index is 142. The lowest BCUT2D eigenvalue weighted by Gasteiger charge is -1.94. The van der Waals surface area contributed by atoms with E-state index in [9.17, 15) is 0 Å². The fourth-order valence-corrected chi connectivity index (χ4v) is 0.715. The second-order valence-electron chi connectivity index (χ2n) is 1.93. The highest BCUT2D eigenvalue weighted by Gasteiger charge is 2.00. The number of nitrogens with zero attached hydrogens (tertiary/aromatic N) is 1. The lowest BCUT2D eigenvalue weighted by Crippen LogP contribution is -1.94. The molecule has 0 spiro atoms. The van der Waals surface area contributed by atoms with Crippen molar-refractivity contribution in [3.63, 3.8) is 0 Å². The van der Waals surface area contributed by atoms with Gasteiger partial charge in [0.2, 0.25) is 0 Å². The first-order chi connectivity index (χ1) is 3.83. The second-order valence-corrected chi connectivity index (χ2v) is 1.93. The van der Waals surface area contributed by atoms with E-state index in [1.807, 2.05) is 13.0 Å². The van der Waals surface area contributed by atoms with E-state index in [1.54, 1.807) is 0 Å². The molecule has 0 aromatic rings. The normalized spacial score (nSPS) is 17.2. The lowest BCUT2D eigenvalue weighted by atomic mass is 10.3. The standard InChI is InChI=1S/C7H10N/c1-3-7-5-4-6(2)8-7/h4-5H,3H2,1-2H3. The summed E-state index contributed by atoms with van der Waals surface area (Å²) in [6.45, 7) is 4.13. The van der Waals surface area contributed by atoms with Gasteiger partial charge in [0.05, 0.1) is 0 Å². The van der Waals surface area contributed by atoms with Gasteiger partial charge in [-0.25, -0.2) is 0 Å². The first-order valence-electron chi connectivity index (χ1n) is 2.92. The minimum Gasteiger partial charge on any atom is -0.258 e. The minimum absolute atomic E-state index is 1.05. The van der Waals surface area contributed by atoms with Crippen LogP contribution in [0.2, 0.25) is 0 Å². The molecule has 8 heavy (non-hydrogen) atoms. The molecular weight excluding hydrogens is 98.1 g/mol. The SMILES string of the molecule is CCC1=CC=C(C)[N]1. The van der Waals surface area contributed by atoms with Crippen molar-refractivity contribution in [3.05, 3.63) is 23.5 Å². The summed E-state index contributed by atoms with van der Waals surface area (Å²) in [6.07, 6.45) is 5.15. The molecule has 1 nitrogen and oxygen atoms in total. The Morgan fingerprint density at radius 2 is 2.25 bits per heavy atom. The Balaban J connectivity index is 2.49. The fourth-order valence-electron chi connectivity index (χ4n) is 0.715. The molecule has 0 saturated heterocycles. The molecule has 0 N–H and O–H groups in total. The number of hydrogen-bond acceptors (Lipinski definition) is 0. The molecule has 1 aliphatic rings. The molecular formula is C7H10N. The van der Waals surface area contributed by atoms with Crippen LogP contribution in [0.4, 0.5) is 0 Å². The molecule has 0 bridgehead atoms. The van der Waals surface area contributed by atoms with E-state index >= 15 is 0 Å². The Kier molecular flexibility index (Phi) is 1.38. The van der Waals surface area contributed by atoms with E-state index in [2.05, 4.69) is 18.3 Å².